The van der Waals surface area contributed by atoms with Gasteiger partial charge >= 0.3 is 77.6 Å². The Morgan fingerprint density at radius 1 is 1.60 bits per heavy atom. The van der Waals surface area contributed by atoms with E-state index in [4.69, 9.17) is 0 Å². The van der Waals surface area contributed by atoms with Crippen molar-refractivity contribution in [1.82, 2.24) is 0 Å². The van der Waals surface area contributed by atoms with Gasteiger partial charge in [0.1, 0.15) is 0 Å². The van der Waals surface area contributed by atoms with E-state index in [0.29, 0.717) is 4.21 Å². The van der Waals surface area contributed by atoms with E-state index in [0.717, 1.165) is 3.58 Å². The normalized spacial score (nSPS) is 11.7. The Labute approximate surface area is 77.3 Å². The zero-order valence-electron chi connectivity index (χ0n) is 5.29. The first kappa shape index (κ1) is 8.54. The van der Waals surface area contributed by atoms with Gasteiger partial charge in [0.05, 0.1) is 0 Å². The molecule has 0 bridgehead atoms. The fourth-order valence-corrected chi connectivity index (χ4v) is 3.72. The second-order valence-corrected chi connectivity index (χ2v) is 6.73. The summed E-state index contributed by atoms with van der Waals surface area (Å²) in [4.78, 5) is 0. The number of hydrogen-bond donors (Lipinski definition) is 0. The Hall–Kier alpha value is 0.449. The number of hydrogen-bond acceptors (Lipinski definition) is 3. The fraction of sp³-hybridized carbons (Fsp3) is 0.200. The van der Waals surface area contributed by atoms with Gasteiger partial charge in [-0.25, -0.2) is 0 Å². The van der Waals surface area contributed by atoms with Crippen LogP contribution in [-0.2, 0) is 9.84 Å². The molecule has 2 radical (unpaired) electrons. The summed E-state index contributed by atoms with van der Waals surface area (Å²) in [7, 11) is -2.95. The predicted octanol–water partition coefficient (Wildman–Crippen LogP) is -0.0546. The van der Waals surface area contributed by atoms with Gasteiger partial charge in [-0.2, -0.15) is 0 Å². The van der Waals surface area contributed by atoms with Crippen molar-refractivity contribution in [3.05, 3.63) is 11.4 Å². The molecule has 2 nitrogen and oxygen atoms in total. The molecule has 52 valence electrons. The van der Waals surface area contributed by atoms with Crippen LogP contribution in [0.3, 0.4) is 0 Å². The van der Waals surface area contributed by atoms with Crippen LogP contribution in [0.15, 0.2) is 15.7 Å². The molecule has 1 heterocycles. The Bertz CT molecular complexity index is 325. The molecule has 1 rings (SSSR count). The molecule has 10 heavy (non-hydrogen) atoms. The van der Waals surface area contributed by atoms with Gasteiger partial charge in [-0.3, -0.25) is 0 Å². The molecule has 0 amide bonds. The Morgan fingerprint density at radius 2 is 2.20 bits per heavy atom. The third kappa shape index (κ3) is 1.96. The zero-order valence-corrected chi connectivity index (χ0v) is 9.77. The Morgan fingerprint density at radius 3 is 2.40 bits per heavy atom. The quantitative estimate of drug-likeness (QED) is 0.676. The zero-order chi connectivity index (χ0) is 7.78. The molecule has 0 N–H and O–H groups in total. The molecule has 0 saturated carbocycles. The van der Waals surface area contributed by atoms with Gasteiger partial charge in [0.15, 0.2) is 0 Å². The molecule has 0 unspecified atom stereocenters. The Kier molecular flexibility index (Phi) is 2.41. The van der Waals surface area contributed by atoms with Crippen LogP contribution in [0.5, 0.6) is 0 Å². The molecule has 0 saturated heterocycles. The Balaban J connectivity index is 3.21. The minimum absolute atomic E-state index is 0.472. The van der Waals surface area contributed by atoms with Crippen molar-refractivity contribution in [3.63, 3.8) is 0 Å². The second kappa shape index (κ2) is 2.83. The van der Waals surface area contributed by atoms with Crippen molar-refractivity contribution in [2.24, 2.45) is 0 Å². The van der Waals surface area contributed by atoms with Gasteiger partial charge in [0.25, 0.3) is 0 Å². The van der Waals surface area contributed by atoms with Crippen LogP contribution in [-0.4, -0.2) is 37.2 Å². The van der Waals surface area contributed by atoms with Crippen LogP contribution in [0.25, 0.3) is 0 Å². The first-order valence-electron chi connectivity index (χ1n) is 2.50. The van der Waals surface area contributed by atoms with E-state index in [2.05, 4.69) is 0 Å². The summed E-state index contributed by atoms with van der Waals surface area (Å²) in [5.74, 6) is 0. The van der Waals surface area contributed by atoms with Crippen molar-refractivity contribution in [1.29, 1.82) is 0 Å². The summed E-state index contributed by atoms with van der Waals surface area (Å²) in [6.45, 7) is 0. The molecule has 0 aromatic carbocycles. The van der Waals surface area contributed by atoms with Crippen LogP contribution in [0.4, 0.5) is 0 Å². The first-order valence-corrected chi connectivity index (χ1v) is 6.70. The van der Waals surface area contributed by atoms with Crippen LogP contribution in [0.2, 0.25) is 0 Å². The third-order valence-electron chi connectivity index (χ3n) is 0.941. The van der Waals surface area contributed by atoms with Crippen molar-refractivity contribution in [2.75, 3.05) is 6.26 Å². The molecular weight excluding hydrogens is 275 g/mol. The maximum atomic E-state index is 10.9. The van der Waals surface area contributed by atoms with E-state index in [1.54, 1.807) is 6.07 Å². The molecule has 5 heteroatoms. The molecule has 0 aliphatic carbocycles. The van der Waals surface area contributed by atoms with Crippen LogP contribution in [0, 0.1) is 0 Å². The van der Waals surface area contributed by atoms with E-state index < -0.39 is 9.84 Å². The molecule has 0 aliphatic heterocycles. The topological polar surface area (TPSA) is 34.1 Å². The SMILES string of the molecule is CS(=O)(=O)c1c[c]([Sn+])cs1. The summed E-state index contributed by atoms with van der Waals surface area (Å²) < 4.78 is 23.3. The van der Waals surface area contributed by atoms with E-state index in [1.165, 1.54) is 40.1 Å². The van der Waals surface area contributed by atoms with Crippen LogP contribution < -0.4 is 3.58 Å². The number of rotatable bonds is 1. The van der Waals surface area contributed by atoms with Gasteiger partial charge in [0.2, 0.25) is 0 Å². The maximum absolute atomic E-state index is 10.9. The predicted molar refractivity (Wildman–Crippen MR) is 42.8 cm³/mol. The molecule has 1 aromatic heterocycles. The fourth-order valence-electron chi connectivity index (χ4n) is 0.511. The molecule has 1 aromatic rings. The van der Waals surface area contributed by atoms with E-state index in [9.17, 15) is 8.42 Å². The average Bonchev–Trinajstić information content (AvgIpc) is 2.11. The van der Waals surface area contributed by atoms with Gasteiger partial charge in [-0.15, -0.1) is 0 Å². The van der Waals surface area contributed by atoms with Crippen molar-refractivity contribution in [3.8, 4) is 0 Å². The average molecular weight is 280 g/mol. The van der Waals surface area contributed by atoms with Crippen molar-refractivity contribution < 1.29 is 8.42 Å². The van der Waals surface area contributed by atoms with Gasteiger partial charge < -0.3 is 0 Å². The standard InChI is InChI=1S/C5H5O2S2.Sn/c1-9(6,7)5-3-2-4-8-5;/h3-4H,1H3;/q;+1. The molecular formula is C5H5O2S2Sn+. The van der Waals surface area contributed by atoms with Gasteiger partial charge in [-0.05, 0) is 0 Å². The molecule has 0 fully saturated rings. The molecule has 0 spiro atoms. The van der Waals surface area contributed by atoms with Gasteiger partial charge in [0, 0.05) is 0 Å². The third-order valence-corrected chi connectivity index (χ3v) is 5.13. The van der Waals surface area contributed by atoms with Crippen molar-refractivity contribution in [2.45, 2.75) is 4.21 Å². The number of thiophene rings is 1. The van der Waals surface area contributed by atoms with Crippen LogP contribution >= 0.6 is 11.3 Å². The first-order chi connectivity index (χ1) is 4.50. The summed E-state index contributed by atoms with van der Waals surface area (Å²) in [5.41, 5.74) is 0. The van der Waals surface area contributed by atoms with Gasteiger partial charge in [-0.1, -0.05) is 0 Å². The molecule has 0 atom stereocenters. The minimum atomic E-state index is -2.95. The van der Waals surface area contributed by atoms with Crippen LogP contribution in [0.1, 0.15) is 0 Å². The summed E-state index contributed by atoms with van der Waals surface area (Å²) in [6, 6.07) is 1.72. The van der Waals surface area contributed by atoms with Crippen molar-refractivity contribution >= 4 is 47.3 Å². The monoisotopic (exact) mass is 281 g/mol. The van der Waals surface area contributed by atoms with E-state index in [1.807, 2.05) is 5.38 Å². The summed E-state index contributed by atoms with van der Waals surface area (Å²) >= 11 is 2.55. The molecule has 0 aliphatic rings. The number of sulfone groups is 1. The van der Waals surface area contributed by atoms with E-state index in [-0.39, 0.29) is 0 Å². The van der Waals surface area contributed by atoms with E-state index >= 15 is 0 Å². The second-order valence-electron chi connectivity index (χ2n) is 1.93. The summed E-state index contributed by atoms with van der Waals surface area (Å²) in [6.07, 6.45) is 1.23. The summed E-state index contributed by atoms with van der Waals surface area (Å²) in [5, 5.41) is 1.87.